The van der Waals surface area contributed by atoms with E-state index in [0.717, 1.165) is 40.9 Å². The van der Waals surface area contributed by atoms with Crippen molar-refractivity contribution in [3.63, 3.8) is 0 Å². The van der Waals surface area contributed by atoms with Gasteiger partial charge in [0.1, 0.15) is 6.04 Å². The number of amides is 2. The van der Waals surface area contributed by atoms with Crippen LogP contribution in [0.25, 0.3) is 0 Å². The second-order valence-electron chi connectivity index (χ2n) is 13.3. The smallest absolute Gasteiger partial charge is 0.328 e. The SMILES string of the molecule is COC(=O)[C@H](Cc1ccccc1)NC(=O)NCc1ccc([C@@H]2O[C@H](CN(Cc3ccccc3)Cc3ccccc3)C[C@H](c3ccc(CO)cc3)O2)cc1. The molecule has 274 valence electrons. The first kappa shape index (κ1) is 37.4. The van der Waals surface area contributed by atoms with Crippen molar-refractivity contribution in [1.29, 1.82) is 0 Å². The summed E-state index contributed by atoms with van der Waals surface area (Å²) in [7, 11) is 1.31. The molecule has 6 rings (SSSR count). The van der Waals surface area contributed by atoms with Crippen molar-refractivity contribution < 1.29 is 28.9 Å². The van der Waals surface area contributed by atoms with Gasteiger partial charge < -0.3 is 30.0 Å². The molecular weight excluding hydrogens is 666 g/mol. The summed E-state index contributed by atoms with van der Waals surface area (Å²) in [5.74, 6) is -0.509. The molecule has 0 unspecified atom stereocenters. The first-order chi connectivity index (χ1) is 25.9. The highest BCUT2D eigenvalue weighted by molar-refractivity contribution is 5.83. The van der Waals surface area contributed by atoms with Crippen LogP contribution in [0.3, 0.4) is 0 Å². The van der Waals surface area contributed by atoms with E-state index >= 15 is 0 Å². The van der Waals surface area contributed by atoms with E-state index in [1.54, 1.807) is 0 Å². The number of hydrogen-bond donors (Lipinski definition) is 3. The van der Waals surface area contributed by atoms with E-state index in [1.807, 2.05) is 91.0 Å². The van der Waals surface area contributed by atoms with E-state index in [9.17, 15) is 14.7 Å². The number of methoxy groups -OCH3 is 1. The summed E-state index contributed by atoms with van der Waals surface area (Å²) in [5, 5.41) is 15.2. The maximum atomic E-state index is 12.8. The quantitative estimate of drug-likeness (QED) is 0.100. The molecule has 1 aliphatic heterocycles. The molecule has 0 saturated carbocycles. The highest BCUT2D eigenvalue weighted by Crippen LogP contribution is 2.38. The normalized spacial score (nSPS) is 17.5. The molecule has 1 heterocycles. The average Bonchev–Trinajstić information content (AvgIpc) is 3.20. The fraction of sp³-hybridized carbons (Fsp3) is 0.273. The van der Waals surface area contributed by atoms with E-state index in [-0.39, 0.29) is 25.4 Å². The minimum atomic E-state index is -0.817. The zero-order chi connectivity index (χ0) is 36.8. The molecular formula is C44H47N3O6. The molecule has 0 radical (unpaired) electrons. The maximum absolute atomic E-state index is 12.8. The van der Waals surface area contributed by atoms with Crippen LogP contribution in [0.15, 0.2) is 140 Å². The van der Waals surface area contributed by atoms with Crippen molar-refractivity contribution in [2.75, 3.05) is 13.7 Å². The molecule has 1 aliphatic rings. The third-order valence-corrected chi connectivity index (χ3v) is 9.35. The lowest BCUT2D eigenvalue weighted by Crippen LogP contribution is -2.47. The van der Waals surface area contributed by atoms with Gasteiger partial charge in [-0.05, 0) is 33.4 Å². The van der Waals surface area contributed by atoms with Gasteiger partial charge in [0.05, 0.1) is 25.9 Å². The van der Waals surface area contributed by atoms with Gasteiger partial charge >= 0.3 is 12.0 Å². The summed E-state index contributed by atoms with van der Waals surface area (Å²) in [6, 6.07) is 44.9. The molecule has 0 bridgehead atoms. The largest absolute Gasteiger partial charge is 0.467 e. The summed E-state index contributed by atoms with van der Waals surface area (Å²) >= 11 is 0. The molecule has 5 aromatic carbocycles. The van der Waals surface area contributed by atoms with Crippen molar-refractivity contribution >= 4 is 12.0 Å². The number of nitrogens with zero attached hydrogens (tertiary/aromatic N) is 1. The Kier molecular flexibility index (Phi) is 13.4. The number of aliphatic hydroxyl groups excluding tert-OH is 1. The standard InChI is InChI=1S/C44H47N3O6/c1-51-42(49)40(25-32-11-5-2-6-12-32)46-44(50)45-27-33-17-23-38(24-18-33)43-52-39(26-41(53-43)37-21-19-36(31-48)20-22-37)30-47(28-34-13-7-3-8-14-34)29-35-15-9-4-10-16-35/h2-24,39-41,43,48H,25-31H2,1H3,(H2,45,46,50)/t39-,40-,41+,43+/m0/s1. The Morgan fingerprint density at radius 3 is 1.83 bits per heavy atom. The van der Waals surface area contributed by atoms with Crippen molar-refractivity contribution in [2.45, 2.75) is 63.6 Å². The minimum Gasteiger partial charge on any atom is -0.467 e. The summed E-state index contributed by atoms with van der Waals surface area (Å²) in [5.41, 5.74) is 7.00. The van der Waals surface area contributed by atoms with Gasteiger partial charge in [-0.25, -0.2) is 9.59 Å². The predicted octanol–water partition coefficient (Wildman–Crippen LogP) is 7.01. The first-order valence-electron chi connectivity index (χ1n) is 18.0. The number of rotatable bonds is 15. The molecule has 9 heteroatoms. The number of hydrogen-bond acceptors (Lipinski definition) is 7. The maximum Gasteiger partial charge on any atom is 0.328 e. The Hall–Kier alpha value is -5.32. The van der Waals surface area contributed by atoms with Crippen molar-refractivity contribution in [3.05, 3.63) is 178 Å². The zero-order valence-electron chi connectivity index (χ0n) is 30.0. The number of carbonyl (C=O) groups is 2. The number of ether oxygens (including phenoxy) is 3. The Labute approximate surface area is 311 Å². The number of aliphatic hydroxyl groups is 1. The molecule has 4 atom stereocenters. The van der Waals surface area contributed by atoms with Gasteiger partial charge in [0.15, 0.2) is 6.29 Å². The van der Waals surface area contributed by atoms with Crippen molar-refractivity contribution in [3.8, 4) is 0 Å². The molecule has 0 spiro atoms. The molecule has 53 heavy (non-hydrogen) atoms. The number of benzene rings is 5. The van der Waals surface area contributed by atoms with Crippen LogP contribution in [-0.4, -0.2) is 47.8 Å². The van der Waals surface area contributed by atoms with Crippen LogP contribution >= 0.6 is 0 Å². The van der Waals surface area contributed by atoms with E-state index < -0.39 is 24.3 Å². The molecule has 1 saturated heterocycles. The number of carbonyl (C=O) groups excluding carboxylic acids is 2. The molecule has 0 aromatic heterocycles. The molecule has 2 amide bonds. The Morgan fingerprint density at radius 1 is 0.717 bits per heavy atom. The van der Waals surface area contributed by atoms with Crippen LogP contribution in [0, 0.1) is 0 Å². The third kappa shape index (κ3) is 11.1. The number of esters is 1. The fourth-order valence-electron chi connectivity index (χ4n) is 6.56. The highest BCUT2D eigenvalue weighted by Gasteiger charge is 2.33. The average molecular weight is 714 g/mol. The summed E-state index contributed by atoms with van der Waals surface area (Å²) in [6.45, 7) is 2.49. The topological polar surface area (TPSA) is 109 Å². The van der Waals surface area contributed by atoms with E-state index in [2.05, 4.69) is 64.1 Å². The second-order valence-corrected chi connectivity index (χ2v) is 13.3. The van der Waals surface area contributed by atoms with Crippen LogP contribution in [0.4, 0.5) is 4.79 Å². The Morgan fingerprint density at radius 2 is 1.26 bits per heavy atom. The van der Waals surface area contributed by atoms with Gasteiger partial charge in [-0.3, -0.25) is 4.90 Å². The third-order valence-electron chi connectivity index (χ3n) is 9.35. The van der Waals surface area contributed by atoms with Gasteiger partial charge in [-0.2, -0.15) is 0 Å². The van der Waals surface area contributed by atoms with Crippen LogP contribution < -0.4 is 10.6 Å². The van der Waals surface area contributed by atoms with Gasteiger partial charge in [0.25, 0.3) is 0 Å². The second kappa shape index (κ2) is 19.0. The molecule has 5 aromatic rings. The highest BCUT2D eigenvalue weighted by atomic mass is 16.7. The summed E-state index contributed by atoms with van der Waals surface area (Å²) < 4.78 is 18.3. The molecule has 0 aliphatic carbocycles. The lowest BCUT2D eigenvalue weighted by Gasteiger charge is -2.38. The Balaban J connectivity index is 1.14. The predicted molar refractivity (Wildman–Crippen MR) is 203 cm³/mol. The van der Waals surface area contributed by atoms with E-state index in [0.29, 0.717) is 19.4 Å². The minimum absolute atomic E-state index is 0.0174. The fourth-order valence-corrected chi connectivity index (χ4v) is 6.56. The van der Waals surface area contributed by atoms with Gasteiger partial charge in [0, 0.05) is 44.6 Å². The van der Waals surface area contributed by atoms with E-state index in [4.69, 9.17) is 14.2 Å². The zero-order valence-corrected chi connectivity index (χ0v) is 30.0. The van der Waals surface area contributed by atoms with Crippen LogP contribution in [-0.2, 0) is 51.7 Å². The summed E-state index contributed by atoms with van der Waals surface area (Å²) in [6.07, 6.45) is 0.0256. The molecule has 3 N–H and O–H groups in total. The number of urea groups is 1. The van der Waals surface area contributed by atoms with E-state index in [1.165, 1.54) is 18.2 Å². The van der Waals surface area contributed by atoms with Gasteiger partial charge in [0.2, 0.25) is 0 Å². The first-order valence-corrected chi connectivity index (χ1v) is 18.0. The summed E-state index contributed by atoms with van der Waals surface area (Å²) in [4.78, 5) is 27.7. The van der Waals surface area contributed by atoms with Crippen LogP contribution in [0.5, 0.6) is 0 Å². The van der Waals surface area contributed by atoms with Gasteiger partial charge in [-0.1, -0.05) is 140 Å². The van der Waals surface area contributed by atoms with Gasteiger partial charge in [-0.15, -0.1) is 0 Å². The lowest BCUT2D eigenvalue weighted by atomic mass is 9.99. The number of nitrogens with one attached hydrogen (secondary N) is 2. The van der Waals surface area contributed by atoms with Crippen LogP contribution in [0.1, 0.15) is 57.8 Å². The lowest BCUT2D eigenvalue weighted by molar-refractivity contribution is -0.253. The molecule has 1 fully saturated rings. The van der Waals surface area contributed by atoms with Crippen molar-refractivity contribution in [2.24, 2.45) is 0 Å². The monoisotopic (exact) mass is 713 g/mol. The molecule has 9 nitrogen and oxygen atoms in total. The van der Waals surface area contributed by atoms with Crippen LogP contribution in [0.2, 0.25) is 0 Å². The van der Waals surface area contributed by atoms with Crippen molar-refractivity contribution in [1.82, 2.24) is 15.5 Å². The Bertz CT molecular complexity index is 1820.